The number of carbonyl (C=O) groups excluding carboxylic acids is 1. The minimum atomic E-state index is -0.282. The molecule has 2 N–H and O–H groups in total. The Balaban J connectivity index is 1.53. The van der Waals surface area contributed by atoms with Crippen molar-refractivity contribution in [1.29, 1.82) is 0 Å². The Hall–Kier alpha value is -3.70. The molecule has 5 rings (SSSR count). The van der Waals surface area contributed by atoms with Gasteiger partial charge in [0.25, 0.3) is 5.91 Å². The predicted molar refractivity (Wildman–Crippen MR) is 150 cm³/mol. The molecule has 3 aromatic carbocycles. The van der Waals surface area contributed by atoms with Crippen molar-refractivity contribution >= 4 is 5.91 Å². The Kier molecular flexibility index (Phi) is 7.24. The van der Waals surface area contributed by atoms with E-state index in [0.29, 0.717) is 12.5 Å². The zero-order chi connectivity index (χ0) is 25.8. The van der Waals surface area contributed by atoms with Gasteiger partial charge in [0.05, 0.1) is 11.7 Å². The lowest BCUT2D eigenvalue weighted by molar-refractivity contribution is 0.0894. The van der Waals surface area contributed by atoms with Crippen LogP contribution in [0.2, 0.25) is 0 Å². The Morgan fingerprint density at radius 1 is 1.00 bits per heavy atom. The summed E-state index contributed by atoms with van der Waals surface area (Å²) in [5.74, 6) is 1.18. The highest BCUT2D eigenvalue weighted by atomic mass is 16.1. The largest absolute Gasteiger partial charge is 0.342 e. The van der Waals surface area contributed by atoms with E-state index >= 15 is 0 Å². The van der Waals surface area contributed by atoms with Crippen LogP contribution in [0.25, 0.3) is 11.3 Å². The van der Waals surface area contributed by atoms with E-state index in [1.807, 2.05) is 42.5 Å². The number of hydrogen-bond acceptors (Lipinski definition) is 3. The van der Waals surface area contributed by atoms with E-state index < -0.39 is 0 Å². The first kappa shape index (κ1) is 25.0. The first-order valence-corrected chi connectivity index (χ1v) is 13.2. The van der Waals surface area contributed by atoms with Gasteiger partial charge in [-0.2, -0.15) is 0 Å². The zero-order valence-electron chi connectivity index (χ0n) is 21.9. The summed E-state index contributed by atoms with van der Waals surface area (Å²) in [4.78, 5) is 19.0. The molecule has 2 heterocycles. The summed E-state index contributed by atoms with van der Waals surface area (Å²) >= 11 is 0. The average Bonchev–Trinajstić information content (AvgIpc) is 3.58. The van der Waals surface area contributed by atoms with Crippen molar-refractivity contribution in [1.82, 2.24) is 20.2 Å². The fraction of sp³-hybridized carbons (Fsp3) is 0.312. The highest BCUT2D eigenvalue weighted by Crippen LogP contribution is 2.35. The second-order valence-corrected chi connectivity index (χ2v) is 11.0. The fourth-order valence-electron chi connectivity index (χ4n) is 5.17. The predicted octanol–water partition coefficient (Wildman–Crippen LogP) is 6.19. The maximum atomic E-state index is 13.8. The van der Waals surface area contributed by atoms with Crippen molar-refractivity contribution in [3.8, 4) is 11.3 Å². The molecule has 1 fully saturated rings. The summed E-state index contributed by atoms with van der Waals surface area (Å²) in [5.41, 5.74) is 4.79. The lowest BCUT2D eigenvalue weighted by Crippen LogP contribution is -2.39. The molecule has 2 unspecified atom stereocenters. The summed E-state index contributed by atoms with van der Waals surface area (Å²) in [6.07, 6.45) is 3.16. The van der Waals surface area contributed by atoms with E-state index in [4.69, 9.17) is 4.98 Å². The maximum Gasteiger partial charge on any atom is 0.252 e. The molecule has 0 saturated carbocycles. The molecule has 190 valence electrons. The molecule has 1 aliphatic heterocycles. The van der Waals surface area contributed by atoms with E-state index in [1.54, 1.807) is 0 Å². The van der Waals surface area contributed by atoms with Gasteiger partial charge < -0.3 is 15.2 Å². The van der Waals surface area contributed by atoms with Gasteiger partial charge in [-0.15, -0.1) is 0 Å². The third-order valence-electron chi connectivity index (χ3n) is 7.18. The number of carbonyl (C=O) groups is 1. The minimum Gasteiger partial charge on any atom is -0.342 e. The van der Waals surface area contributed by atoms with Crippen LogP contribution < -0.4 is 10.6 Å². The van der Waals surface area contributed by atoms with Gasteiger partial charge >= 0.3 is 0 Å². The topological polar surface area (TPSA) is 59.0 Å². The number of amides is 1. The minimum absolute atomic E-state index is 0.0436. The molecule has 1 aromatic heterocycles. The number of nitrogens with one attached hydrogen (secondary N) is 2. The van der Waals surface area contributed by atoms with Crippen LogP contribution in [0, 0.1) is 5.41 Å². The van der Waals surface area contributed by atoms with E-state index in [2.05, 4.69) is 84.6 Å². The lowest BCUT2D eigenvalue weighted by Gasteiger charge is -2.32. The highest BCUT2D eigenvalue weighted by molar-refractivity contribution is 5.96. The van der Waals surface area contributed by atoms with Crippen molar-refractivity contribution in [3.63, 3.8) is 0 Å². The maximum absolute atomic E-state index is 13.8. The summed E-state index contributed by atoms with van der Waals surface area (Å²) in [6, 6.07) is 28.4. The number of nitrogens with zero attached hydrogens (tertiary/aromatic N) is 2. The van der Waals surface area contributed by atoms with Gasteiger partial charge in [0.15, 0.2) is 0 Å². The Morgan fingerprint density at radius 3 is 2.35 bits per heavy atom. The molecule has 1 saturated heterocycles. The standard InChI is InChI=1S/C32H36N4O/c1-32(2,3)29(35-31(37)27-17-11-10-16-26(27)25-18-19-33-20-25)30-34-28(24-14-8-5-9-15-24)22-36(30)21-23-12-6-4-7-13-23/h4-17,22,25,29,33H,18-21H2,1-3H3,(H,35,37). The third kappa shape index (κ3) is 5.67. The Bertz CT molecular complexity index is 1330. The van der Waals surface area contributed by atoms with Crippen molar-refractivity contribution in [3.05, 3.63) is 114 Å². The smallest absolute Gasteiger partial charge is 0.252 e. The molecule has 5 nitrogen and oxygen atoms in total. The molecule has 37 heavy (non-hydrogen) atoms. The molecule has 5 heteroatoms. The van der Waals surface area contributed by atoms with Crippen molar-refractivity contribution in [2.45, 2.75) is 45.7 Å². The molecule has 2 atom stereocenters. The van der Waals surface area contributed by atoms with Gasteiger partial charge in [-0.3, -0.25) is 4.79 Å². The summed E-state index contributed by atoms with van der Waals surface area (Å²) in [7, 11) is 0. The first-order chi connectivity index (χ1) is 17.9. The summed E-state index contributed by atoms with van der Waals surface area (Å²) < 4.78 is 2.20. The molecule has 0 bridgehead atoms. The molecule has 0 aliphatic carbocycles. The van der Waals surface area contributed by atoms with Crippen LogP contribution in [0.5, 0.6) is 0 Å². The first-order valence-electron chi connectivity index (χ1n) is 13.2. The van der Waals surface area contributed by atoms with Gasteiger partial charge in [0.2, 0.25) is 0 Å². The quantitative estimate of drug-likeness (QED) is 0.323. The normalized spacial score (nSPS) is 16.5. The van der Waals surface area contributed by atoms with Gasteiger partial charge in [-0.1, -0.05) is 99.6 Å². The fourth-order valence-corrected chi connectivity index (χ4v) is 5.17. The monoisotopic (exact) mass is 492 g/mol. The van der Waals surface area contributed by atoms with Crippen LogP contribution in [0.4, 0.5) is 0 Å². The second-order valence-electron chi connectivity index (χ2n) is 11.0. The van der Waals surface area contributed by atoms with Crippen molar-refractivity contribution in [2.24, 2.45) is 5.41 Å². The number of imidazole rings is 1. The summed E-state index contributed by atoms with van der Waals surface area (Å²) in [5, 5.41) is 6.83. The van der Waals surface area contributed by atoms with Crippen molar-refractivity contribution < 1.29 is 4.79 Å². The lowest BCUT2D eigenvalue weighted by atomic mass is 9.85. The third-order valence-corrected chi connectivity index (χ3v) is 7.18. The van der Waals surface area contributed by atoms with Crippen LogP contribution in [0.15, 0.2) is 91.1 Å². The Labute approximate surface area is 220 Å². The van der Waals surface area contributed by atoms with Crippen LogP contribution in [0.3, 0.4) is 0 Å². The molecule has 4 aromatic rings. The van der Waals surface area contributed by atoms with Gasteiger partial charge in [-0.25, -0.2) is 4.98 Å². The van der Waals surface area contributed by atoms with E-state index in [0.717, 1.165) is 47.7 Å². The van der Waals surface area contributed by atoms with E-state index in [9.17, 15) is 4.79 Å². The van der Waals surface area contributed by atoms with Crippen LogP contribution >= 0.6 is 0 Å². The number of hydrogen-bond donors (Lipinski definition) is 2. The molecule has 1 aliphatic rings. The number of benzene rings is 3. The number of rotatable bonds is 7. The zero-order valence-corrected chi connectivity index (χ0v) is 21.9. The Morgan fingerprint density at radius 2 is 1.68 bits per heavy atom. The van der Waals surface area contributed by atoms with Crippen LogP contribution in [-0.2, 0) is 6.54 Å². The van der Waals surface area contributed by atoms with E-state index in [-0.39, 0.29) is 17.4 Å². The van der Waals surface area contributed by atoms with Gasteiger partial charge in [-0.05, 0) is 41.5 Å². The second kappa shape index (κ2) is 10.7. The number of aromatic nitrogens is 2. The molecule has 1 amide bonds. The molecule has 0 radical (unpaired) electrons. The van der Waals surface area contributed by atoms with E-state index in [1.165, 1.54) is 5.56 Å². The molecular weight excluding hydrogens is 456 g/mol. The summed E-state index contributed by atoms with van der Waals surface area (Å²) in [6.45, 7) is 9.07. The van der Waals surface area contributed by atoms with Crippen molar-refractivity contribution in [2.75, 3.05) is 13.1 Å². The molecule has 0 spiro atoms. The highest BCUT2D eigenvalue weighted by Gasteiger charge is 2.33. The van der Waals surface area contributed by atoms with Gasteiger partial charge in [0.1, 0.15) is 5.82 Å². The molecular formula is C32H36N4O. The van der Waals surface area contributed by atoms with Gasteiger partial charge in [0, 0.05) is 30.4 Å². The SMILES string of the molecule is CC(C)(C)C(NC(=O)c1ccccc1C1CCNC1)c1nc(-c2ccccc2)cn1Cc1ccccc1. The average molecular weight is 493 g/mol. The van der Waals surface area contributed by atoms with Crippen LogP contribution in [0.1, 0.15) is 66.5 Å². The van der Waals surface area contributed by atoms with Crippen LogP contribution in [-0.4, -0.2) is 28.5 Å².